The molecule has 1 amide bonds. The molecular formula is C22H27N3O5S. The van der Waals surface area contributed by atoms with E-state index in [9.17, 15) is 18.0 Å². The van der Waals surface area contributed by atoms with Crippen molar-refractivity contribution in [2.75, 3.05) is 13.1 Å². The Bertz CT molecular complexity index is 1060. The maximum absolute atomic E-state index is 12.8. The molecule has 9 heteroatoms. The lowest BCUT2D eigenvalue weighted by Gasteiger charge is -2.31. The number of hydrogen-bond donors (Lipinski definition) is 1. The average Bonchev–Trinajstić information content (AvgIpc) is 2.74. The van der Waals surface area contributed by atoms with Gasteiger partial charge in [0.2, 0.25) is 10.0 Å². The van der Waals surface area contributed by atoms with Gasteiger partial charge in [0.1, 0.15) is 0 Å². The molecule has 1 heterocycles. The molecule has 0 aromatic heterocycles. The van der Waals surface area contributed by atoms with Gasteiger partial charge in [-0.2, -0.15) is 4.31 Å². The number of hydroxylamine groups is 1. The highest BCUT2D eigenvalue weighted by molar-refractivity contribution is 7.89. The first-order chi connectivity index (χ1) is 14.7. The van der Waals surface area contributed by atoms with Crippen molar-refractivity contribution < 1.29 is 22.8 Å². The zero-order valence-corrected chi connectivity index (χ0v) is 18.5. The lowest BCUT2D eigenvalue weighted by molar-refractivity contribution is -0.180. The molecule has 1 unspecified atom stereocenters. The van der Waals surface area contributed by atoms with Crippen LogP contribution < -0.4 is 5.84 Å². The Labute approximate surface area is 182 Å². The first-order valence-electron chi connectivity index (χ1n) is 10.1. The predicted octanol–water partition coefficient (Wildman–Crippen LogP) is 2.57. The highest BCUT2D eigenvalue weighted by Gasteiger charge is 2.32. The molecule has 2 aromatic carbocycles. The molecule has 1 fully saturated rings. The summed E-state index contributed by atoms with van der Waals surface area (Å²) < 4.78 is 27.1. The molecule has 2 N–H and O–H groups in total. The zero-order valence-electron chi connectivity index (χ0n) is 17.7. The third-order valence-corrected chi connectivity index (χ3v) is 7.21. The van der Waals surface area contributed by atoms with Crippen LogP contribution in [0.2, 0.25) is 0 Å². The smallest absolute Gasteiger partial charge is 0.322 e. The molecule has 2 aromatic rings. The second-order valence-electron chi connectivity index (χ2n) is 7.80. The summed E-state index contributed by atoms with van der Waals surface area (Å²) in [4.78, 5) is 30.1. The molecule has 0 aliphatic carbocycles. The molecule has 0 saturated carbocycles. The van der Waals surface area contributed by atoms with Crippen LogP contribution in [0.3, 0.4) is 0 Å². The van der Waals surface area contributed by atoms with Crippen LogP contribution in [0.5, 0.6) is 0 Å². The van der Waals surface area contributed by atoms with Crippen LogP contribution in [0.1, 0.15) is 40.7 Å². The van der Waals surface area contributed by atoms with E-state index in [1.165, 1.54) is 4.31 Å². The van der Waals surface area contributed by atoms with E-state index in [2.05, 4.69) is 0 Å². The third-order valence-electron chi connectivity index (χ3n) is 5.33. The van der Waals surface area contributed by atoms with Gasteiger partial charge < -0.3 is 4.84 Å². The summed E-state index contributed by atoms with van der Waals surface area (Å²) in [7, 11) is -3.62. The normalized spacial score (nSPS) is 17.2. The number of nitrogens with two attached hydrogens (primary N) is 1. The first kappa shape index (κ1) is 22.9. The van der Waals surface area contributed by atoms with Gasteiger partial charge >= 0.3 is 11.9 Å². The van der Waals surface area contributed by atoms with E-state index in [-0.39, 0.29) is 23.8 Å². The Hall–Kier alpha value is -2.75. The largest absolute Gasteiger partial charge is 0.334 e. The van der Waals surface area contributed by atoms with Crippen LogP contribution in [0.25, 0.3) is 0 Å². The minimum atomic E-state index is -3.62. The molecule has 1 atom stereocenters. The number of rotatable bonds is 5. The number of aryl methyl sites for hydroxylation is 2. The topological polar surface area (TPSA) is 110 Å². The molecule has 0 radical (unpaired) electrons. The van der Waals surface area contributed by atoms with Crippen molar-refractivity contribution in [2.45, 2.75) is 38.0 Å². The van der Waals surface area contributed by atoms with Gasteiger partial charge in [-0.3, -0.25) is 4.79 Å². The number of benzene rings is 2. The minimum absolute atomic E-state index is 0.0331. The van der Waals surface area contributed by atoms with Gasteiger partial charge in [0, 0.05) is 18.7 Å². The van der Waals surface area contributed by atoms with Gasteiger partial charge in [0.25, 0.3) is 0 Å². The second kappa shape index (κ2) is 9.59. The van der Waals surface area contributed by atoms with E-state index in [1.54, 1.807) is 49.4 Å². The van der Waals surface area contributed by atoms with Gasteiger partial charge in [-0.1, -0.05) is 41.1 Å². The summed E-state index contributed by atoms with van der Waals surface area (Å²) in [6.45, 7) is 4.30. The highest BCUT2D eigenvalue weighted by Crippen LogP contribution is 2.26. The van der Waals surface area contributed by atoms with Gasteiger partial charge in [-0.05, 0) is 56.4 Å². The van der Waals surface area contributed by atoms with Crippen LogP contribution >= 0.6 is 0 Å². The molecule has 8 nitrogen and oxygen atoms in total. The van der Waals surface area contributed by atoms with Crippen molar-refractivity contribution in [3.05, 3.63) is 65.2 Å². The maximum atomic E-state index is 12.8. The molecule has 1 saturated heterocycles. The zero-order chi connectivity index (χ0) is 22.6. The monoisotopic (exact) mass is 445 g/mol. The number of carbonyl (C=O) groups is 2. The predicted molar refractivity (Wildman–Crippen MR) is 115 cm³/mol. The van der Waals surface area contributed by atoms with Crippen LogP contribution in [0, 0.1) is 19.8 Å². The Balaban J connectivity index is 1.59. The lowest BCUT2D eigenvalue weighted by Crippen LogP contribution is -2.42. The molecular weight excluding hydrogens is 418 g/mol. The maximum Gasteiger partial charge on any atom is 0.334 e. The Morgan fingerprint density at radius 2 is 1.87 bits per heavy atom. The summed E-state index contributed by atoms with van der Waals surface area (Å²) in [5.74, 6) is 4.15. The summed E-state index contributed by atoms with van der Waals surface area (Å²) in [6, 6.07) is 13.5. The summed E-state index contributed by atoms with van der Waals surface area (Å²) in [5, 5.41) is 0.446. The van der Waals surface area contributed by atoms with E-state index in [1.807, 2.05) is 13.0 Å². The van der Waals surface area contributed by atoms with E-state index in [4.69, 9.17) is 10.7 Å². The average molecular weight is 446 g/mol. The van der Waals surface area contributed by atoms with Gasteiger partial charge in [0.15, 0.2) is 0 Å². The lowest BCUT2D eigenvalue weighted by atomic mass is 9.96. The molecule has 3 rings (SSSR count). The number of piperidine rings is 1. The standard InChI is InChI=1S/C22H27N3O5S/c1-16-10-11-20(17(2)13-16)22(27)25(23)30-21(26)14-18-7-6-12-24(15-18)31(28,29)19-8-4-3-5-9-19/h3-5,8-11,13,18H,6-7,12,14-15,23H2,1-2H3. The minimum Gasteiger partial charge on any atom is -0.322 e. The second-order valence-corrected chi connectivity index (χ2v) is 9.74. The number of sulfonamides is 1. The molecule has 0 spiro atoms. The van der Waals surface area contributed by atoms with E-state index in [0.717, 1.165) is 11.1 Å². The fourth-order valence-corrected chi connectivity index (χ4v) is 5.33. The summed E-state index contributed by atoms with van der Waals surface area (Å²) in [6.07, 6.45) is 1.29. The van der Waals surface area contributed by atoms with Crippen LogP contribution in [0.4, 0.5) is 0 Å². The van der Waals surface area contributed by atoms with E-state index in [0.29, 0.717) is 30.1 Å². The van der Waals surface area contributed by atoms with Gasteiger partial charge in [-0.15, -0.1) is 0 Å². The van der Waals surface area contributed by atoms with Crippen molar-refractivity contribution in [3.8, 4) is 0 Å². The molecule has 1 aliphatic rings. The van der Waals surface area contributed by atoms with Crippen molar-refractivity contribution in [1.29, 1.82) is 0 Å². The van der Waals surface area contributed by atoms with Crippen LogP contribution in [0.15, 0.2) is 53.4 Å². The fourth-order valence-electron chi connectivity index (χ4n) is 3.75. The fraction of sp³-hybridized carbons (Fsp3) is 0.364. The summed E-state index contributed by atoms with van der Waals surface area (Å²) >= 11 is 0. The summed E-state index contributed by atoms with van der Waals surface area (Å²) in [5.41, 5.74) is 2.08. The van der Waals surface area contributed by atoms with E-state index < -0.39 is 21.9 Å². The number of nitrogens with zero attached hydrogens (tertiary/aromatic N) is 2. The van der Waals surface area contributed by atoms with Gasteiger partial charge in [-0.25, -0.2) is 19.1 Å². The Kier molecular flexibility index (Phi) is 7.09. The Morgan fingerprint density at radius 1 is 1.16 bits per heavy atom. The molecule has 1 aliphatic heterocycles. The SMILES string of the molecule is Cc1ccc(C(=O)N(N)OC(=O)CC2CCCN(S(=O)(=O)c3ccccc3)C2)c(C)c1. The van der Waals surface area contributed by atoms with Crippen molar-refractivity contribution >= 4 is 21.9 Å². The first-order valence-corrected chi connectivity index (χ1v) is 11.5. The van der Waals surface area contributed by atoms with Crippen LogP contribution in [-0.2, 0) is 19.7 Å². The Morgan fingerprint density at radius 3 is 2.55 bits per heavy atom. The molecule has 166 valence electrons. The van der Waals surface area contributed by atoms with Crippen molar-refractivity contribution in [3.63, 3.8) is 0 Å². The third kappa shape index (κ3) is 5.49. The number of carbonyl (C=O) groups excluding carboxylic acids is 2. The highest BCUT2D eigenvalue weighted by atomic mass is 32.2. The van der Waals surface area contributed by atoms with Crippen LogP contribution in [-0.4, -0.2) is 42.9 Å². The number of amides is 1. The van der Waals surface area contributed by atoms with E-state index >= 15 is 0 Å². The van der Waals surface area contributed by atoms with Crippen molar-refractivity contribution in [2.24, 2.45) is 11.8 Å². The molecule has 0 bridgehead atoms. The van der Waals surface area contributed by atoms with Gasteiger partial charge in [0.05, 0.1) is 11.3 Å². The number of hydrogen-bond acceptors (Lipinski definition) is 6. The molecule has 31 heavy (non-hydrogen) atoms. The number of hydrazine groups is 1. The van der Waals surface area contributed by atoms with Crippen molar-refractivity contribution in [1.82, 2.24) is 9.48 Å². The quantitative estimate of drug-likeness (QED) is 0.430.